The van der Waals surface area contributed by atoms with Crippen molar-refractivity contribution in [2.45, 2.75) is 12.5 Å². The molecule has 9 nitrogen and oxygen atoms in total. The molecule has 0 atom stereocenters. The van der Waals surface area contributed by atoms with Crippen LogP contribution in [0.25, 0.3) is 17.1 Å². The Kier molecular flexibility index (Phi) is 7.64. The minimum Gasteiger partial charge on any atom is -0.406 e. The molecular formula is C26H16F6N6O3S. The Bertz CT molecular complexity index is 1650. The maximum absolute atomic E-state index is 13.5. The average Bonchev–Trinajstić information content (AvgIpc) is 3.55. The fraction of sp³-hybridized carbons (Fsp3) is 0.115. The molecule has 1 fully saturated rings. The van der Waals surface area contributed by atoms with E-state index in [4.69, 9.17) is 0 Å². The third-order valence-corrected chi connectivity index (χ3v) is 6.56. The highest BCUT2D eigenvalue weighted by molar-refractivity contribution is 8.15. The number of para-hydroxylation sites is 1. The summed E-state index contributed by atoms with van der Waals surface area (Å²) < 4.78 is 82.8. The molecule has 1 aromatic heterocycles. The molecule has 5 rings (SSSR count). The number of urea groups is 1. The molecule has 42 heavy (non-hydrogen) atoms. The summed E-state index contributed by atoms with van der Waals surface area (Å²) in [6.07, 6.45) is -8.16. The van der Waals surface area contributed by atoms with Gasteiger partial charge in [-0.25, -0.2) is 14.5 Å². The van der Waals surface area contributed by atoms with Gasteiger partial charge in [0.1, 0.15) is 12.1 Å². The van der Waals surface area contributed by atoms with E-state index in [1.54, 1.807) is 12.1 Å². The number of alkyl halides is 6. The van der Waals surface area contributed by atoms with Crippen LogP contribution in [0.15, 0.2) is 84.1 Å². The number of rotatable bonds is 5. The van der Waals surface area contributed by atoms with Crippen molar-refractivity contribution < 1.29 is 40.7 Å². The minimum absolute atomic E-state index is 0.182. The molecule has 3 aromatic carbocycles. The molecule has 216 valence electrons. The van der Waals surface area contributed by atoms with Gasteiger partial charge >= 0.3 is 18.6 Å². The second-order valence-corrected chi connectivity index (χ2v) is 9.43. The first kappa shape index (κ1) is 28.7. The minimum atomic E-state index is -4.81. The Morgan fingerprint density at radius 3 is 2.31 bits per heavy atom. The first-order chi connectivity index (χ1) is 19.9. The molecule has 1 N–H and O–H groups in total. The fourth-order valence-electron chi connectivity index (χ4n) is 3.85. The molecule has 16 heteroatoms. The van der Waals surface area contributed by atoms with E-state index in [-0.39, 0.29) is 22.5 Å². The van der Waals surface area contributed by atoms with Crippen LogP contribution in [0, 0.1) is 0 Å². The number of halogens is 6. The van der Waals surface area contributed by atoms with Crippen LogP contribution in [0.2, 0.25) is 0 Å². The van der Waals surface area contributed by atoms with E-state index in [9.17, 15) is 35.9 Å². The standard InChI is InChI=1S/C26H16F6N6O3S/c27-25(28,29)19-3-1-2-4-20(19)38-21(39)13-42-24(38)35-23(40)34-16-7-5-15(6-8-16)22-33-14-37(36-22)17-9-11-18(12-10-17)41-26(30,31)32/h1-12,14H,13H2,(H,34,40)/b35-24-. The van der Waals surface area contributed by atoms with E-state index in [1.807, 2.05) is 0 Å². The lowest BCUT2D eigenvalue weighted by Crippen LogP contribution is -2.32. The van der Waals surface area contributed by atoms with Crippen molar-refractivity contribution >= 4 is 40.2 Å². The van der Waals surface area contributed by atoms with E-state index < -0.39 is 35.7 Å². The van der Waals surface area contributed by atoms with Crippen LogP contribution < -0.4 is 15.0 Å². The maximum Gasteiger partial charge on any atom is 0.573 e. The zero-order chi connectivity index (χ0) is 30.1. The summed E-state index contributed by atoms with van der Waals surface area (Å²) in [6, 6.07) is 14.8. The van der Waals surface area contributed by atoms with Crippen molar-refractivity contribution in [3.05, 3.63) is 84.7 Å². The smallest absolute Gasteiger partial charge is 0.406 e. The van der Waals surface area contributed by atoms with Crippen LogP contribution in [-0.2, 0) is 11.0 Å². The van der Waals surface area contributed by atoms with Gasteiger partial charge in [-0.3, -0.25) is 9.69 Å². The number of nitrogens with zero attached hydrogens (tertiary/aromatic N) is 5. The van der Waals surface area contributed by atoms with E-state index >= 15 is 0 Å². The molecule has 1 aliphatic rings. The zero-order valence-electron chi connectivity index (χ0n) is 20.8. The number of ether oxygens (including phenoxy) is 1. The van der Waals surface area contributed by atoms with Crippen LogP contribution in [0.4, 0.5) is 42.5 Å². The maximum atomic E-state index is 13.5. The van der Waals surface area contributed by atoms with Crippen LogP contribution in [0.5, 0.6) is 5.75 Å². The molecular weight excluding hydrogens is 590 g/mol. The fourth-order valence-corrected chi connectivity index (χ4v) is 4.71. The van der Waals surface area contributed by atoms with Gasteiger partial charge in [-0.05, 0) is 60.7 Å². The summed E-state index contributed by atoms with van der Waals surface area (Å²) in [7, 11) is 0. The molecule has 2 heterocycles. The SMILES string of the molecule is O=C(/N=C1\SCC(=O)N1c1ccccc1C(F)(F)F)Nc1ccc(-c2ncn(-c3ccc(OC(F)(F)F)cc3)n2)cc1. The molecule has 0 unspecified atom stereocenters. The summed E-state index contributed by atoms with van der Waals surface area (Å²) in [4.78, 5) is 33.7. The van der Waals surface area contributed by atoms with Crippen LogP contribution in [0.3, 0.4) is 0 Å². The van der Waals surface area contributed by atoms with Crippen molar-refractivity contribution in [3.8, 4) is 22.8 Å². The molecule has 0 aliphatic carbocycles. The predicted molar refractivity (Wildman–Crippen MR) is 141 cm³/mol. The monoisotopic (exact) mass is 606 g/mol. The summed E-state index contributed by atoms with van der Waals surface area (Å²) in [5.41, 5.74) is -0.186. The first-order valence-electron chi connectivity index (χ1n) is 11.8. The van der Waals surface area contributed by atoms with Gasteiger partial charge in [0.15, 0.2) is 11.0 Å². The summed E-state index contributed by atoms with van der Waals surface area (Å²) in [5, 5.41) is 6.59. The number of hydrogen-bond donors (Lipinski definition) is 1. The number of thioether (sulfide) groups is 1. The van der Waals surface area contributed by atoms with E-state index in [1.165, 1.54) is 47.4 Å². The number of amides is 3. The van der Waals surface area contributed by atoms with Crippen molar-refractivity contribution in [3.63, 3.8) is 0 Å². The summed E-state index contributed by atoms with van der Waals surface area (Å²) in [6.45, 7) is 0. The summed E-state index contributed by atoms with van der Waals surface area (Å²) >= 11 is 0.837. The van der Waals surface area contributed by atoms with Gasteiger partial charge in [0.25, 0.3) is 0 Å². The highest BCUT2D eigenvalue weighted by Crippen LogP contribution is 2.39. The van der Waals surface area contributed by atoms with Gasteiger partial charge in [-0.15, -0.1) is 18.3 Å². The Morgan fingerprint density at radius 1 is 0.952 bits per heavy atom. The number of hydrogen-bond acceptors (Lipinski definition) is 6. The molecule has 0 saturated carbocycles. The van der Waals surface area contributed by atoms with Crippen LogP contribution in [-0.4, -0.2) is 44.0 Å². The molecule has 1 saturated heterocycles. The van der Waals surface area contributed by atoms with Crippen LogP contribution in [0.1, 0.15) is 5.56 Å². The lowest BCUT2D eigenvalue weighted by Gasteiger charge is -2.20. The molecule has 3 amide bonds. The van der Waals surface area contributed by atoms with Crippen molar-refractivity contribution in [2.24, 2.45) is 4.99 Å². The highest BCUT2D eigenvalue weighted by atomic mass is 32.2. The summed E-state index contributed by atoms with van der Waals surface area (Å²) in [5.74, 6) is -0.932. The molecule has 1 aliphatic heterocycles. The predicted octanol–water partition coefficient (Wildman–Crippen LogP) is 6.52. The highest BCUT2D eigenvalue weighted by Gasteiger charge is 2.39. The van der Waals surface area contributed by atoms with E-state index in [0.29, 0.717) is 16.9 Å². The quantitative estimate of drug-likeness (QED) is 0.260. The number of amidine groups is 1. The van der Waals surface area contributed by atoms with Gasteiger partial charge in [-0.2, -0.15) is 18.2 Å². The van der Waals surface area contributed by atoms with Crippen molar-refractivity contribution in [1.82, 2.24) is 14.8 Å². The normalized spacial score (nSPS) is 14.9. The Hall–Kier alpha value is -4.86. The van der Waals surface area contributed by atoms with Gasteiger partial charge in [0, 0.05) is 11.3 Å². The number of carbonyl (C=O) groups is 2. The number of nitrogens with one attached hydrogen (secondary N) is 1. The second-order valence-electron chi connectivity index (χ2n) is 8.49. The first-order valence-corrected chi connectivity index (χ1v) is 12.8. The molecule has 0 radical (unpaired) electrons. The third-order valence-electron chi connectivity index (χ3n) is 5.63. The van der Waals surface area contributed by atoms with Crippen LogP contribution >= 0.6 is 11.8 Å². The lowest BCUT2D eigenvalue weighted by molar-refractivity contribution is -0.274. The third kappa shape index (κ3) is 6.54. The van der Waals surface area contributed by atoms with E-state index in [0.717, 1.165) is 40.9 Å². The van der Waals surface area contributed by atoms with Gasteiger partial charge in [-0.1, -0.05) is 23.9 Å². The average molecular weight is 607 g/mol. The van der Waals surface area contributed by atoms with Crippen molar-refractivity contribution in [2.75, 3.05) is 16.0 Å². The van der Waals surface area contributed by atoms with Gasteiger partial charge < -0.3 is 10.1 Å². The topological polar surface area (TPSA) is 102 Å². The number of aromatic nitrogens is 3. The van der Waals surface area contributed by atoms with Crippen molar-refractivity contribution in [1.29, 1.82) is 0 Å². The zero-order valence-corrected chi connectivity index (χ0v) is 21.7. The number of benzene rings is 3. The Labute approximate surface area is 236 Å². The van der Waals surface area contributed by atoms with Gasteiger partial charge in [0.05, 0.1) is 22.7 Å². The largest absolute Gasteiger partial charge is 0.573 e. The molecule has 0 bridgehead atoms. The number of aliphatic imine (C=N–C) groups is 1. The second kappa shape index (κ2) is 11.2. The Balaban J connectivity index is 1.27. The lowest BCUT2D eigenvalue weighted by atomic mass is 10.1. The molecule has 0 spiro atoms. The van der Waals surface area contributed by atoms with E-state index in [2.05, 4.69) is 25.1 Å². The number of anilines is 2. The number of carbonyl (C=O) groups excluding carboxylic acids is 2. The van der Waals surface area contributed by atoms with Gasteiger partial charge in [0.2, 0.25) is 5.91 Å². The molecule has 4 aromatic rings. The Morgan fingerprint density at radius 2 is 1.64 bits per heavy atom.